The molecular formula is C24H27I2N7O. The van der Waals surface area contributed by atoms with Crippen molar-refractivity contribution >= 4 is 74.9 Å². The Morgan fingerprint density at radius 3 is 2.59 bits per heavy atom. The smallest absolute Gasteiger partial charge is 0.250 e. The quantitative estimate of drug-likeness (QED) is 0.171. The molecule has 10 heteroatoms. The zero-order valence-electron chi connectivity index (χ0n) is 19.3. The van der Waals surface area contributed by atoms with Gasteiger partial charge in [0.25, 0.3) is 0 Å². The monoisotopic (exact) mass is 683 g/mol. The zero-order chi connectivity index (χ0) is 24.2. The lowest BCUT2D eigenvalue weighted by atomic mass is 10.00. The summed E-state index contributed by atoms with van der Waals surface area (Å²) in [6.07, 6.45) is 3.79. The molecule has 4 rings (SSSR count). The number of benzene rings is 2. The first-order valence-corrected chi connectivity index (χ1v) is 13.3. The SMILES string of the molecule is Cc1cccc(Nc2nc(NN=Cc3cc(I)cc(I)c3O)nc(N3CCC(C)CC3)n2)c1C. The Morgan fingerprint density at radius 1 is 1.09 bits per heavy atom. The van der Waals surface area contributed by atoms with Crippen LogP contribution in [0, 0.1) is 26.9 Å². The van der Waals surface area contributed by atoms with E-state index in [1.807, 2.05) is 24.3 Å². The summed E-state index contributed by atoms with van der Waals surface area (Å²) in [4.78, 5) is 16.1. The highest BCUT2D eigenvalue weighted by molar-refractivity contribution is 14.1. The van der Waals surface area contributed by atoms with E-state index < -0.39 is 0 Å². The number of nitrogens with one attached hydrogen (secondary N) is 2. The van der Waals surface area contributed by atoms with Crippen LogP contribution in [0.15, 0.2) is 35.4 Å². The molecule has 1 saturated heterocycles. The van der Waals surface area contributed by atoms with E-state index in [1.54, 1.807) is 6.21 Å². The minimum absolute atomic E-state index is 0.197. The third-order valence-corrected chi connectivity index (χ3v) is 7.41. The van der Waals surface area contributed by atoms with Crippen LogP contribution in [0.25, 0.3) is 0 Å². The van der Waals surface area contributed by atoms with Gasteiger partial charge in [0.15, 0.2) is 0 Å². The first-order valence-electron chi connectivity index (χ1n) is 11.1. The van der Waals surface area contributed by atoms with Crippen molar-refractivity contribution in [3.05, 3.63) is 54.2 Å². The highest BCUT2D eigenvalue weighted by atomic mass is 127. The Morgan fingerprint density at radius 2 is 1.82 bits per heavy atom. The van der Waals surface area contributed by atoms with E-state index in [4.69, 9.17) is 4.98 Å². The van der Waals surface area contributed by atoms with Gasteiger partial charge in [0.05, 0.1) is 9.78 Å². The van der Waals surface area contributed by atoms with Crippen LogP contribution in [-0.4, -0.2) is 39.4 Å². The fraction of sp³-hybridized carbons (Fsp3) is 0.333. The van der Waals surface area contributed by atoms with Crippen molar-refractivity contribution in [2.24, 2.45) is 11.0 Å². The fourth-order valence-electron chi connectivity index (χ4n) is 3.67. The summed E-state index contributed by atoms with van der Waals surface area (Å²) in [5, 5.41) is 18.0. The van der Waals surface area contributed by atoms with E-state index in [-0.39, 0.29) is 5.75 Å². The van der Waals surface area contributed by atoms with E-state index in [1.165, 1.54) is 5.56 Å². The van der Waals surface area contributed by atoms with Crippen LogP contribution >= 0.6 is 45.2 Å². The fourth-order valence-corrected chi connectivity index (χ4v) is 5.56. The molecule has 0 radical (unpaired) electrons. The van der Waals surface area contributed by atoms with Gasteiger partial charge >= 0.3 is 0 Å². The summed E-state index contributed by atoms with van der Waals surface area (Å²) >= 11 is 4.32. The number of phenolic OH excluding ortho intramolecular Hbond substituents is 1. The summed E-state index contributed by atoms with van der Waals surface area (Å²) in [7, 11) is 0. The van der Waals surface area contributed by atoms with Gasteiger partial charge in [-0.1, -0.05) is 19.1 Å². The summed E-state index contributed by atoms with van der Waals surface area (Å²) in [6, 6.07) is 9.88. The number of anilines is 4. The molecule has 0 spiro atoms. The van der Waals surface area contributed by atoms with Crippen molar-refractivity contribution in [1.29, 1.82) is 0 Å². The molecule has 0 aliphatic carbocycles. The molecule has 0 atom stereocenters. The molecular weight excluding hydrogens is 656 g/mol. The van der Waals surface area contributed by atoms with E-state index in [9.17, 15) is 5.11 Å². The third-order valence-electron chi connectivity index (χ3n) is 5.97. The number of piperidine rings is 1. The van der Waals surface area contributed by atoms with Crippen molar-refractivity contribution in [3.8, 4) is 5.75 Å². The molecule has 1 fully saturated rings. The first-order chi connectivity index (χ1) is 16.3. The molecule has 2 aromatic carbocycles. The number of phenols is 1. The van der Waals surface area contributed by atoms with Gasteiger partial charge in [0.1, 0.15) is 5.75 Å². The van der Waals surface area contributed by atoms with Gasteiger partial charge in [-0.2, -0.15) is 20.1 Å². The van der Waals surface area contributed by atoms with Crippen molar-refractivity contribution in [3.63, 3.8) is 0 Å². The molecule has 0 saturated carbocycles. The average Bonchev–Trinajstić information content (AvgIpc) is 2.80. The second-order valence-corrected chi connectivity index (χ2v) is 10.9. The molecule has 34 heavy (non-hydrogen) atoms. The number of halogens is 2. The van der Waals surface area contributed by atoms with Crippen molar-refractivity contribution in [2.45, 2.75) is 33.6 Å². The molecule has 178 valence electrons. The number of hydrazone groups is 1. The second-order valence-electron chi connectivity index (χ2n) is 8.52. The average molecular weight is 683 g/mol. The lowest BCUT2D eigenvalue weighted by Gasteiger charge is -2.30. The maximum atomic E-state index is 10.3. The third kappa shape index (κ3) is 6.06. The maximum Gasteiger partial charge on any atom is 0.250 e. The van der Waals surface area contributed by atoms with Crippen LogP contribution < -0.4 is 15.6 Å². The van der Waals surface area contributed by atoms with E-state index in [0.29, 0.717) is 29.3 Å². The minimum Gasteiger partial charge on any atom is -0.506 e. The number of hydrogen-bond acceptors (Lipinski definition) is 8. The molecule has 0 bridgehead atoms. The molecule has 8 nitrogen and oxygen atoms in total. The highest BCUT2D eigenvalue weighted by Gasteiger charge is 2.20. The number of nitrogens with zero attached hydrogens (tertiary/aromatic N) is 5. The van der Waals surface area contributed by atoms with E-state index in [0.717, 1.165) is 44.3 Å². The lowest BCUT2D eigenvalue weighted by molar-refractivity contribution is 0.434. The Balaban J connectivity index is 1.62. The summed E-state index contributed by atoms with van der Waals surface area (Å²) < 4.78 is 1.79. The summed E-state index contributed by atoms with van der Waals surface area (Å²) in [6.45, 7) is 8.25. The second kappa shape index (κ2) is 11.0. The predicted octanol–water partition coefficient (Wildman–Crippen LogP) is 5.83. The standard InChI is InChI=1S/C24H27I2N7O/c1-14-7-9-33(10-8-14)24-30-22(28-20-6-4-5-15(2)16(20)3)29-23(31-24)32-27-13-17-11-18(25)12-19(26)21(17)34/h4-6,11-14,34H,7-10H2,1-3H3,(H2,28,29,30,31,32). The minimum atomic E-state index is 0.197. The summed E-state index contributed by atoms with van der Waals surface area (Å²) in [5.74, 6) is 2.33. The molecule has 1 aliphatic rings. The van der Waals surface area contributed by atoms with Crippen molar-refractivity contribution in [2.75, 3.05) is 28.7 Å². The first kappa shape index (κ1) is 24.9. The van der Waals surface area contributed by atoms with Crippen LogP contribution in [0.2, 0.25) is 0 Å². The van der Waals surface area contributed by atoms with Gasteiger partial charge in [0.2, 0.25) is 17.8 Å². The van der Waals surface area contributed by atoms with Crippen molar-refractivity contribution in [1.82, 2.24) is 15.0 Å². The van der Waals surface area contributed by atoms with Crippen LogP contribution in [0.5, 0.6) is 5.75 Å². The van der Waals surface area contributed by atoms with Gasteiger partial charge < -0.3 is 15.3 Å². The number of hydrogen-bond donors (Lipinski definition) is 3. The van der Waals surface area contributed by atoms with Crippen LogP contribution in [0.3, 0.4) is 0 Å². The van der Waals surface area contributed by atoms with Gasteiger partial charge in [-0.15, -0.1) is 0 Å². The topological polar surface area (TPSA) is 98.6 Å². The number of aryl methyl sites for hydroxylation is 1. The molecule has 2 heterocycles. The Bertz CT molecular complexity index is 1210. The van der Waals surface area contributed by atoms with Crippen molar-refractivity contribution < 1.29 is 5.11 Å². The summed E-state index contributed by atoms with van der Waals surface area (Å²) in [5.41, 5.74) is 6.84. The number of aromatic nitrogens is 3. The Hall–Kier alpha value is -2.22. The molecule has 0 unspecified atom stereocenters. The van der Waals surface area contributed by atoms with Gasteiger partial charge in [-0.05, 0) is 107 Å². The normalized spacial score (nSPS) is 14.6. The predicted molar refractivity (Wildman–Crippen MR) is 154 cm³/mol. The van der Waals surface area contributed by atoms with Gasteiger partial charge in [-0.25, -0.2) is 5.43 Å². The van der Waals surface area contributed by atoms with Gasteiger partial charge in [-0.3, -0.25) is 0 Å². The molecule has 1 aliphatic heterocycles. The number of rotatable bonds is 6. The Labute approximate surface area is 227 Å². The van der Waals surface area contributed by atoms with E-state index in [2.05, 4.69) is 103 Å². The van der Waals surface area contributed by atoms with Crippen LogP contribution in [-0.2, 0) is 0 Å². The maximum absolute atomic E-state index is 10.3. The largest absolute Gasteiger partial charge is 0.506 e. The Kier molecular flexibility index (Phi) is 8.06. The molecule has 0 amide bonds. The van der Waals surface area contributed by atoms with Crippen LogP contribution in [0.1, 0.15) is 36.5 Å². The molecule has 3 N–H and O–H groups in total. The lowest BCUT2D eigenvalue weighted by Crippen LogP contribution is -2.34. The number of aromatic hydroxyl groups is 1. The van der Waals surface area contributed by atoms with E-state index >= 15 is 0 Å². The highest BCUT2D eigenvalue weighted by Crippen LogP contribution is 2.27. The molecule has 1 aromatic heterocycles. The van der Waals surface area contributed by atoms with Gasteiger partial charge in [0, 0.05) is 27.9 Å². The molecule has 3 aromatic rings. The van der Waals surface area contributed by atoms with Crippen LogP contribution in [0.4, 0.5) is 23.5 Å². The zero-order valence-corrected chi connectivity index (χ0v) is 23.6.